The van der Waals surface area contributed by atoms with Crippen LogP contribution < -0.4 is 0 Å². The number of rotatable bonds is 4. The van der Waals surface area contributed by atoms with Gasteiger partial charge >= 0.3 is 5.97 Å². The van der Waals surface area contributed by atoms with Crippen molar-refractivity contribution in [3.8, 4) is 0 Å². The number of aromatic nitrogens is 1. The van der Waals surface area contributed by atoms with Crippen LogP contribution in [0.5, 0.6) is 0 Å². The first kappa shape index (κ1) is 13.0. The van der Waals surface area contributed by atoms with Crippen molar-refractivity contribution in [3.05, 3.63) is 28.6 Å². The molecule has 1 aromatic rings. The number of pyridine rings is 1. The van der Waals surface area contributed by atoms with Gasteiger partial charge in [0.1, 0.15) is 0 Å². The molecular formula is C14H20N2O2. The molecule has 0 saturated heterocycles. The predicted molar refractivity (Wildman–Crippen MR) is 69.8 cm³/mol. The van der Waals surface area contributed by atoms with Gasteiger partial charge in [-0.05, 0) is 24.6 Å². The summed E-state index contributed by atoms with van der Waals surface area (Å²) in [5.41, 5.74) is 3.30. The number of carboxylic acid groups (broad SMARTS) is 1. The van der Waals surface area contributed by atoms with Crippen molar-refractivity contribution in [2.45, 2.75) is 39.7 Å². The maximum Gasteiger partial charge on any atom is 0.337 e. The molecule has 2 rings (SSSR count). The molecule has 0 spiro atoms. The van der Waals surface area contributed by atoms with E-state index >= 15 is 0 Å². The summed E-state index contributed by atoms with van der Waals surface area (Å²) >= 11 is 0. The molecule has 0 saturated carbocycles. The lowest BCUT2D eigenvalue weighted by Crippen LogP contribution is -2.31. The van der Waals surface area contributed by atoms with Gasteiger partial charge in [-0.2, -0.15) is 0 Å². The van der Waals surface area contributed by atoms with Crippen molar-refractivity contribution in [2.75, 3.05) is 13.1 Å². The maximum absolute atomic E-state index is 11.3. The van der Waals surface area contributed by atoms with E-state index in [0.717, 1.165) is 55.8 Å². The second-order valence-electron chi connectivity index (χ2n) is 4.76. The Labute approximate surface area is 108 Å². The third kappa shape index (κ3) is 2.53. The number of carbonyl (C=O) groups is 1. The van der Waals surface area contributed by atoms with Gasteiger partial charge in [-0.15, -0.1) is 0 Å². The topological polar surface area (TPSA) is 53.4 Å². The summed E-state index contributed by atoms with van der Waals surface area (Å²) < 4.78 is 0. The SMILES string of the molecule is CCCc1nc2c(cc1C(=O)O)CN(CC)CC2. The highest BCUT2D eigenvalue weighted by Crippen LogP contribution is 2.21. The first-order valence-corrected chi connectivity index (χ1v) is 6.63. The predicted octanol–water partition coefficient (Wildman–Crippen LogP) is 2.11. The zero-order valence-corrected chi connectivity index (χ0v) is 11.1. The lowest BCUT2D eigenvalue weighted by atomic mass is 10.00. The summed E-state index contributed by atoms with van der Waals surface area (Å²) in [7, 11) is 0. The molecule has 0 amide bonds. The molecule has 0 fully saturated rings. The van der Waals surface area contributed by atoms with E-state index in [1.165, 1.54) is 0 Å². The Bertz CT molecular complexity index is 457. The number of carboxylic acids is 1. The summed E-state index contributed by atoms with van der Waals surface area (Å²) in [5.74, 6) is -0.859. The van der Waals surface area contributed by atoms with Gasteiger partial charge in [0, 0.05) is 25.2 Å². The first-order chi connectivity index (χ1) is 8.65. The number of hydrogen-bond donors (Lipinski definition) is 1. The summed E-state index contributed by atoms with van der Waals surface area (Å²) in [4.78, 5) is 18.2. The maximum atomic E-state index is 11.3. The second-order valence-corrected chi connectivity index (χ2v) is 4.76. The summed E-state index contributed by atoms with van der Waals surface area (Å²) in [6, 6.07) is 1.83. The molecule has 0 atom stereocenters. The Morgan fingerprint density at radius 1 is 1.50 bits per heavy atom. The van der Waals surface area contributed by atoms with E-state index < -0.39 is 5.97 Å². The minimum absolute atomic E-state index is 0.383. The number of likely N-dealkylation sites (N-methyl/N-ethyl adjacent to an activating group) is 1. The molecule has 0 unspecified atom stereocenters. The Balaban J connectivity index is 2.39. The van der Waals surface area contributed by atoms with Crippen LogP contribution in [-0.4, -0.2) is 34.0 Å². The van der Waals surface area contributed by atoms with E-state index in [1.54, 1.807) is 0 Å². The molecular weight excluding hydrogens is 228 g/mol. The number of nitrogens with zero attached hydrogens (tertiary/aromatic N) is 2. The molecule has 98 valence electrons. The molecule has 4 nitrogen and oxygen atoms in total. The second kappa shape index (κ2) is 5.48. The quantitative estimate of drug-likeness (QED) is 0.886. The van der Waals surface area contributed by atoms with Crippen molar-refractivity contribution >= 4 is 5.97 Å². The van der Waals surface area contributed by atoms with Gasteiger partial charge in [-0.1, -0.05) is 20.3 Å². The van der Waals surface area contributed by atoms with E-state index in [2.05, 4.69) is 16.8 Å². The average molecular weight is 248 g/mol. The van der Waals surface area contributed by atoms with Gasteiger partial charge in [0.2, 0.25) is 0 Å². The average Bonchev–Trinajstić information content (AvgIpc) is 2.37. The smallest absolute Gasteiger partial charge is 0.337 e. The van der Waals surface area contributed by atoms with Crippen LogP contribution in [0.4, 0.5) is 0 Å². The number of aromatic carboxylic acids is 1. The fourth-order valence-electron chi connectivity index (χ4n) is 2.46. The standard InChI is InChI=1S/C14H20N2O2/c1-3-5-13-11(14(17)18)8-10-9-16(4-2)7-6-12(10)15-13/h8H,3-7,9H2,1-2H3,(H,17,18). The van der Waals surface area contributed by atoms with Gasteiger partial charge in [0.05, 0.1) is 11.3 Å². The highest BCUT2D eigenvalue weighted by molar-refractivity contribution is 5.89. The Morgan fingerprint density at radius 3 is 2.89 bits per heavy atom. The van der Waals surface area contributed by atoms with Crippen LogP contribution in [0.1, 0.15) is 47.6 Å². The van der Waals surface area contributed by atoms with Gasteiger partial charge in [-0.25, -0.2) is 4.79 Å². The van der Waals surface area contributed by atoms with E-state index in [-0.39, 0.29) is 0 Å². The monoisotopic (exact) mass is 248 g/mol. The van der Waals surface area contributed by atoms with E-state index in [0.29, 0.717) is 5.56 Å². The normalized spacial score (nSPS) is 15.4. The van der Waals surface area contributed by atoms with Crippen LogP contribution in [0, 0.1) is 0 Å². The number of aryl methyl sites for hydroxylation is 1. The van der Waals surface area contributed by atoms with Gasteiger partial charge in [0.25, 0.3) is 0 Å². The summed E-state index contributed by atoms with van der Waals surface area (Å²) in [6.07, 6.45) is 2.60. The van der Waals surface area contributed by atoms with Gasteiger partial charge in [0.15, 0.2) is 0 Å². The number of fused-ring (bicyclic) bond motifs is 1. The zero-order chi connectivity index (χ0) is 13.1. The van der Waals surface area contributed by atoms with Crippen molar-refractivity contribution in [1.82, 2.24) is 9.88 Å². The lowest BCUT2D eigenvalue weighted by Gasteiger charge is -2.27. The van der Waals surface area contributed by atoms with Crippen molar-refractivity contribution in [1.29, 1.82) is 0 Å². The first-order valence-electron chi connectivity index (χ1n) is 6.63. The van der Waals surface area contributed by atoms with Crippen LogP contribution in [0.25, 0.3) is 0 Å². The van der Waals surface area contributed by atoms with Crippen LogP contribution in [-0.2, 0) is 19.4 Å². The van der Waals surface area contributed by atoms with Gasteiger partial charge < -0.3 is 5.11 Å². The Morgan fingerprint density at radius 2 is 2.28 bits per heavy atom. The zero-order valence-electron chi connectivity index (χ0n) is 11.1. The van der Waals surface area contributed by atoms with Crippen molar-refractivity contribution < 1.29 is 9.90 Å². The van der Waals surface area contributed by atoms with E-state index in [4.69, 9.17) is 0 Å². The minimum Gasteiger partial charge on any atom is -0.478 e. The molecule has 2 heterocycles. The highest BCUT2D eigenvalue weighted by Gasteiger charge is 2.20. The third-order valence-corrected chi connectivity index (χ3v) is 3.49. The number of hydrogen-bond acceptors (Lipinski definition) is 3. The molecule has 0 radical (unpaired) electrons. The van der Waals surface area contributed by atoms with Crippen LogP contribution in [0.2, 0.25) is 0 Å². The lowest BCUT2D eigenvalue weighted by molar-refractivity contribution is 0.0694. The summed E-state index contributed by atoms with van der Waals surface area (Å²) in [6.45, 7) is 7.02. The molecule has 4 heteroatoms. The van der Waals surface area contributed by atoms with Crippen LogP contribution >= 0.6 is 0 Å². The minimum atomic E-state index is -0.859. The van der Waals surface area contributed by atoms with Crippen molar-refractivity contribution in [3.63, 3.8) is 0 Å². The molecule has 0 aromatic carbocycles. The van der Waals surface area contributed by atoms with Gasteiger partial charge in [-0.3, -0.25) is 9.88 Å². The fraction of sp³-hybridized carbons (Fsp3) is 0.571. The molecule has 1 N–H and O–H groups in total. The van der Waals surface area contributed by atoms with E-state index in [9.17, 15) is 9.90 Å². The molecule has 0 aliphatic carbocycles. The highest BCUT2D eigenvalue weighted by atomic mass is 16.4. The molecule has 1 aromatic heterocycles. The Hall–Kier alpha value is -1.42. The van der Waals surface area contributed by atoms with Crippen molar-refractivity contribution in [2.24, 2.45) is 0 Å². The molecule has 1 aliphatic rings. The largest absolute Gasteiger partial charge is 0.478 e. The summed E-state index contributed by atoms with van der Waals surface area (Å²) in [5, 5.41) is 9.26. The molecule has 0 bridgehead atoms. The van der Waals surface area contributed by atoms with Crippen LogP contribution in [0.15, 0.2) is 6.07 Å². The molecule has 1 aliphatic heterocycles. The van der Waals surface area contributed by atoms with Crippen LogP contribution in [0.3, 0.4) is 0 Å². The Kier molecular flexibility index (Phi) is 3.97. The van der Waals surface area contributed by atoms with E-state index in [1.807, 2.05) is 13.0 Å². The molecule has 18 heavy (non-hydrogen) atoms. The third-order valence-electron chi connectivity index (χ3n) is 3.49. The fourth-order valence-corrected chi connectivity index (χ4v) is 2.46.